The largest absolute Gasteiger partial charge is 0.486 e. The van der Waals surface area contributed by atoms with Gasteiger partial charge in [0, 0.05) is 12.7 Å². The van der Waals surface area contributed by atoms with Gasteiger partial charge in [-0.2, -0.15) is 0 Å². The van der Waals surface area contributed by atoms with Crippen LogP contribution in [-0.4, -0.2) is 53.7 Å². The Morgan fingerprint density at radius 1 is 1.20 bits per heavy atom. The van der Waals surface area contributed by atoms with Gasteiger partial charge in [-0.15, -0.1) is 0 Å². The maximum atomic E-state index is 13.0. The first-order valence-corrected chi connectivity index (χ1v) is 8.31. The van der Waals surface area contributed by atoms with Crippen LogP contribution in [0.3, 0.4) is 0 Å². The summed E-state index contributed by atoms with van der Waals surface area (Å²) in [6, 6.07) is 7.23. The van der Waals surface area contributed by atoms with Crippen LogP contribution >= 0.6 is 0 Å². The number of nitrogens with zero attached hydrogens (tertiary/aromatic N) is 3. The smallest absolute Gasteiger partial charge is 0.257 e. The lowest BCUT2D eigenvalue weighted by Crippen LogP contribution is -2.42. The summed E-state index contributed by atoms with van der Waals surface area (Å²) in [5, 5.41) is 0. The molecule has 2 aliphatic heterocycles. The zero-order valence-electron chi connectivity index (χ0n) is 14.0. The van der Waals surface area contributed by atoms with E-state index in [9.17, 15) is 4.79 Å². The molecule has 1 atom stereocenters. The molecule has 1 aromatic carbocycles. The first-order chi connectivity index (χ1) is 12.2. The number of fused-ring (bicyclic) bond motifs is 1. The molecule has 130 valence electrons. The summed E-state index contributed by atoms with van der Waals surface area (Å²) in [5.74, 6) is 1.75. The topological polar surface area (TPSA) is 73.8 Å². The quantitative estimate of drug-likeness (QED) is 0.829. The summed E-state index contributed by atoms with van der Waals surface area (Å²) < 4.78 is 17.0. The average Bonchev–Trinajstić information content (AvgIpc) is 2.67. The van der Waals surface area contributed by atoms with Crippen LogP contribution in [-0.2, 0) is 4.74 Å². The summed E-state index contributed by atoms with van der Waals surface area (Å²) >= 11 is 0. The van der Waals surface area contributed by atoms with E-state index < -0.39 is 0 Å². The summed E-state index contributed by atoms with van der Waals surface area (Å²) in [5.41, 5.74) is 1.32. The van der Waals surface area contributed by atoms with Gasteiger partial charge in [-0.3, -0.25) is 4.79 Å². The SMILES string of the molecule is Cc1nccc(C2CN(C(=O)c3cccc4c3OCCO4)CCO2)n1. The van der Waals surface area contributed by atoms with Gasteiger partial charge in [-0.25, -0.2) is 9.97 Å². The Labute approximate surface area is 145 Å². The van der Waals surface area contributed by atoms with Crippen LogP contribution in [0.4, 0.5) is 0 Å². The molecule has 1 fully saturated rings. The Kier molecular flexibility index (Phi) is 4.23. The van der Waals surface area contributed by atoms with Crippen LogP contribution in [0, 0.1) is 6.92 Å². The fourth-order valence-electron chi connectivity index (χ4n) is 3.08. The third-order valence-corrected chi connectivity index (χ3v) is 4.28. The van der Waals surface area contributed by atoms with E-state index in [1.54, 1.807) is 17.2 Å². The van der Waals surface area contributed by atoms with Gasteiger partial charge in [0.25, 0.3) is 5.91 Å². The lowest BCUT2D eigenvalue weighted by atomic mass is 10.1. The van der Waals surface area contributed by atoms with Crippen molar-refractivity contribution in [3.8, 4) is 11.5 Å². The zero-order chi connectivity index (χ0) is 17.2. The molecule has 25 heavy (non-hydrogen) atoms. The van der Waals surface area contributed by atoms with Crippen molar-refractivity contribution in [1.29, 1.82) is 0 Å². The molecule has 7 heteroatoms. The number of rotatable bonds is 2. The van der Waals surface area contributed by atoms with Crippen LogP contribution in [0.25, 0.3) is 0 Å². The second kappa shape index (κ2) is 6.68. The average molecular weight is 341 g/mol. The van der Waals surface area contributed by atoms with Crippen LogP contribution in [0.5, 0.6) is 11.5 Å². The highest BCUT2D eigenvalue weighted by atomic mass is 16.6. The van der Waals surface area contributed by atoms with E-state index in [4.69, 9.17) is 14.2 Å². The summed E-state index contributed by atoms with van der Waals surface area (Å²) in [6.45, 7) is 4.22. The maximum absolute atomic E-state index is 13.0. The van der Waals surface area contributed by atoms with Crippen molar-refractivity contribution in [3.05, 3.63) is 47.5 Å². The molecule has 2 aliphatic rings. The van der Waals surface area contributed by atoms with Gasteiger partial charge >= 0.3 is 0 Å². The predicted octanol–water partition coefficient (Wildman–Crippen LogP) is 1.77. The molecule has 0 spiro atoms. The number of morpholine rings is 1. The summed E-state index contributed by atoms with van der Waals surface area (Å²) in [4.78, 5) is 23.3. The number of para-hydroxylation sites is 1. The molecular formula is C18H19N3O4. The zero-order valence-corrected chi connectivity index (χ0v) is 14.0. The number of carbonyl (C=O) groups is 1. The third kappa shape index (κ3) is 3.15. The molecule has 0 bridgehead atoms. The van der Waals surface area contributed by atoms with Crippen molar-refractivity contribution >= 4 is 5.91 Å². The minimum atomic E-state index is -0.254. The normalized spacial score (nSPS) is 19.6. The number of aromatic nitrogens is 2. The number of aryl methyl sites for hydroxylation is 1. The Balaban J connectivity index is 1.56. The van der Waals surface area contributed by atoms with Gasteiger partial charge in [0.05, 0.1) is 24.4 Å². The molecule has 0 radical (unpaired) electrons. The van der Waals surface area contributed by atoms with Crippen molar-refractivity contribution < 1.29 is 19.0 Å². The summed E-state index contributed by atoms with van der Waals surface area (Å²) in [7, 11) is 0. The molecule has 1 aromatic heterocycles. The van der Waals surface area contributed by atoms with Gasteiger partial charge < -0.3 is 19.1 Å². The summed E-state index contributed by atoms with van der Waals surface area (Å²) in [6.07, 6.45) is 1.46. The second-order valence-corrected chi connectivity index (χ2v) is 5.97. The first-order valence-electron chi connectivity index (χ1n) is 8.31. The maximum Gasteiger partial charge on any atom is 0.257 e. The van der Waals surface area contributed by atoms with E-state index in [1.165, 1.54) is 0 Å². The van der Waals surface area contributed by atoms with Gasteiger partial charge in [0.2, 0.25) is 0 Å². The van der Waals surface area contributed by atoms with E-state index in [2.05, 4.69) is 9.97 Å². The monoisotopic (exact) mass is 341 g/mol. The Morgan fingerprint density at radius 2 is 2.08 bits per heavy atom. The Hall–Kier alpha value is -2.67. The highest BCUT2D eigenvalue weighted by Gasteiger charge is 2.30. The van der Waals surface area contributed by atoms with Gasteiger partial charge in [0.1, 0.15) is 25.1 Å². The molecule has 0 aliphatic carbocycles. The molecule has 0 saturated carbocycles. The Morgan fingerprint density at radius 3 is 2.96 bits per heavy atom. The van der Waals surface area contributed by atoms with E-state index in [0.29, 0.717) is 55.8 Å². The standard InChI is InChI=1S/C18H19N3O4/c1-12-19-6-5-14(20-12)16-11-21(7-8-23-16)18(22)13-3-2-4-15-17(13)25-10-9-24-15/h2-6,16H,7-11H2,1H3. The highest BCUT2D eigenvalue weighted by Crippen LogP contribution is 2.35. The molecular weight excluding hydrogens is 322 g/mol. The van der Waals surface area contributed by atoms with Crippen LogP contribution in [0.1, 0.15) is 28.0 Å². The molecule has 1 amide bonds. The lowest BCUT2D eigenvalue weighted by molar-refractivity contribution is -0.0250. The number of hydrogen-bond donors (Lipinski definition) is 0. The lowest BCUT2D eigenvalue weighted by Gasteiger charge is -2.33. The second-order valence-electron chi connectivity index (χ2n) is 5.97. The molecule has 4 rings (SSSR count). The van der Waals surface area contributed by atoms with Crippen molar-refractivity contribution in [2.24, 2.45) is 0 Å². The van der Waals surface area contributed by atoms with Crippen LogP contribution in [0.15, 0.2) is 30.5 Å². The predicted molar refractivity (Wildman–Crippen MR) is 88.8 cm³/mol. The van der Waals surface area contributed by atoms with Crippen molar-refractivity contribution in [3.63, 3.8) is 0 Å². The van der Waals surface area contributed by atoms with E-state index in [0.717, 1.165) is 5.69 Å². The molecule has 1 saturated heterocycles. The highest BCUT2D eigenvalue weighted by molar-refractivity contribution is 5.98. The van der Waals surface area contributed by atoms with Crippen LogP contribution < -0.4 is 9.47 Å². The van der Waals surface area contributed by atoms with Crippen molar-refractivity contribution in [2.75, 3.05) is 32.9 Å². The molecule has 3 heterocycles. The number of benzene rings is 1. The fraction of sp³-hybridized carbons (Fsp3) is 0.389. The minimum Gasteiger partial charge on any atom is -0.486 e. The van der Waals surface area contributed by atoms with Gasteiger partial charge in [-0.1, -0.05) is 6.07 Å². The fourth-order valence-corrected chi connectivity index (χ4v) is 3.08. The van der Waals surface area contributed by atoms with E-state index in [1.807, 2.05) is 25.1 Å². The van der Waals surface area contributed by atoms with Gasteiger partial charge in [-0.05, 0) is 25.1 Å². The molecule has 1 unspecified atom stereocenters. The number of ether oxygens (including phenoxy) is 3. The van der Waals surface area contributed by atoms with Crippen LogP contribution in [0.2, 0.25) is 0 Å². The van der Waals surface area contributed by atoms with Crippen molar-refractivity contribution in [2.45, 2.75) is 13.0 Å². The Bertz CT molecular complexity index is 796. The molecule has 2 aromatic rings. The molecule has 0 N–H and O–H groups in total. The molecule has 7 nitrogen and oxygen atoms in total. The van der Waals surface area contributed by atoms with E-state index in [-0.39, 0.29) is 12.0 Å². The number of hydrogen-bond acceptors (Lipinski definition) is 6. The van der Waals surface area contributed by atoms with Gasteiger partial charge in [0.15, 0.2) is 11.5 Å². The third-order valence-electron chi connectivity index (χ3n) is 4.28. The first kappa shape index (κ1) is 15.8. The minimum absolute atomic E-state index is 0.0820. The van der Waals surface area contributed by atoms with Crippen molar-refractivity contribution in [1.82, 2.24) is 14.9 Å². The number of amides is 1. The number of carbonyl (C=O) groups excluding carboxylic acids is 1. The van der Waals surface area contributed by atoms with E-state index >= 15 is 0 Å².